The number of hydrogen-bond acceptors (Lipinski definition) is 5. The van der Waals surface area contributed by atoms with Gasteiger partial charge in [0, 0.05) is 0 Å². The smallest absolute Gasteiger partial charge is 0.312 e. The topological polar surface area (TPSA) is 118 Å². The van der Waals surface area contributed by atoms with Crippen molar-refractivity contribution in [1.29, 1.82) is 0 Å². The van der Waals surface area contributed by atoms with Crippen LogP contribution in [0.15, 0.2) is 6.20 Å². The summed E-state index contributed by atoms with van der Waals surface area (Å²) in [6.45, 7) is 0.261. The molecule has 1 heterocycles. The maximum atomic E-state index is 10.4. The molecule has 0 unspecified atom stereocenters. The van der Waals surface area contributed by atoms with Gasteiger partial charge in [0.2, 0.25) is 0 Å². The fraction of sp³-hybridized carbons (Fsp3) is 0.500. The second-order valence-corrected chi connectivity index (χ2v) is 2.52. The number of aromatic amines is 1. The first-order chi connectivity index (χ1) is 6.16. The first-order valence-corrected chi connectivity index (χ1v) is 3.72. The van der Waals surface area contributed by atoms with Crippen LogP contribution in [-0.2, 0) is 0 Å². The molecule has 1 aromatic rings. The Bertz CT molecular complexity index is 298. The Labute approximate surface area is 73.7 Å². The molecule has 13 heavy (non-hydrogen) atoms. The number of nitrogens with two attached hydrogens (primary N) is 1. The van der Waals surface area contributed by atoms with Crippen molar-refractivity contribution in [3.05, 3.63) is 22.0 Å². The third-order valence-corrected chi connectivity index (χ3v) is 1.62. The average Bonchev–Trinajstić information content (AvgIpc) is 2.52. The van der Waals surface area contributed by atoms with E-state index in [4.69, 9.17) is 5.73 Å². The van der Waals surface area contributed by atoms with Crippen molar-refractivity contribution in [1.82, 2.24) is 10.2 Å². The Hall–Kier alpha value is -1.47. The van der Waals surface area contributed by atoms with Gasteiger partial charge in [-0.25, -0.2) is 0 Å². The minimum atomic E-state index is -0.951. The van der Waals surface area contributed by atoms with Gasteiger partial charge in [-0.15, -0.1) is 0 Å². The van der Waals surface area contributed by atoms with E-state index in [1.807, 2.05) is 0 Å². The first-order valence-electron chi connectivity index (χ1n) is 3.72. The highest BCUT2D eigenvalue weighted by molar-refractivity contribution is 5.33. The molecule has 4 N–H and O–H groups in total. The molecule has 0 amide bonds. The molecule has 0 spiro atoms. The maximum absolute atomic E-state index is 10.4. The van der Waals surface area contributed by atoms with Gasteiger partial charge >= 0.3 is 5.69 Å². The predicted octanol–water partition coefficient (Wildman–Crippen LogP) is -0.300. The number of aromatic nitrogens is 2. The summed E-state index contributed by atoms with van der Waals surface area (Å²) in [6.07, 6.45) is 0.380. The van der Waals surface area contributed by atoms with Crippen molar-refractivity contribution >= 4 is 5.69 Å². The Balaban J connectivity index is 2.86. The number of aliphatic hydroxyl groups excluding tert-OH is 1. The molecule has 0 aromatic carbocycles. The molecule has 7 nitrogen and oxygen atoms in total. The van der Waals surface area contributed by atoms with Crippen LogP contribution < -0.4 is 5.73 Å². The monoisotopic (exact) mass is 186 g/mol. The molecule has 72 valence electrons. The van der Waals surface area contributed by atoms with Crippen molar-refractivity contribution < 1.29 is 10.0 Å². The highest BCUT2D eigenvalue weighted by atomic mass is 16.6. The summed E-state index contributed by atoms with van der Waals surface area (Å²) in [5.41, 5.74) is 5.10. The Morgan fingerprint density at radius 2 is 2.54 bits per heavy atom. The normalized spacial score (nSPS) is 12.8. The van der Waals surface area contributed by atoms with Crippen LogP contribution in [0.4, 0.5) is 5.69 Å². The molecular weight excluding hydrogens is 176 g/mol. The molecular formula is C6H10N4O3. The van der Waals surface area contributed by atoms with Gasteiger partial charge in [0.1, 0.15) is 18.0 Å². The Kier molecular flexibility index (Phi) is 2.93. The first kappa shape index (κ1) is 9.62. The lowest BCUT2D eigenvalue weighted by Gasteiger charge is -2.04. The van der Waals surface area contributed by atoms with Gasteiger partial charge in [-0.2, -0.15) is 5.10 Å². The quantitative estimate of drug-likeness (QED) is 0.440. The lowest BCUT2D eigenvalue weighted by Crippen LogP contribution is -2.08. The molecule has 0 saturated carbocycles. The van der Waals surface area contributed by atoms with Crippen LogP contribution in [0.1, 0.15) is 18.2 Å². The predicted molar refractivity (Wildman–Crippen MR) is 43.9 cm³/mol. The maximum Gasteiger partial charge on any atom is 0.312 e. The van der Waals surface area contributed by atoms with E-state index in [-0.39, 0.29) is 24.3 Å². The van der Waals surface area contributed by atoms with Crippen LogP contribution in [0.25, 0.3) is 0 Å². The molecule has 0 radical (unpaired) electrons. The van der Waals surface area contributed by atoms with Gasteiger partial charge in [-0.3, -0.25) is 15.2 Å². The van der Waals surface area contributed by atoms with Crippen molar-refractivity contribution in [2.24, 2.45) is 5.73 Å². The second-order valence-electron chi connectivity index (χ2n) is 2.52. The molecule has 0 saturated heterocycles. The summed E-state index contributed by atoms with van der Waals surface area (Å²) in [5, 5.41) is 25.6. The summed E-state index contributed by atoms with van der Waals surface area (Å²) in [5.74, 6) is 0. The number of aliphatic hydroxyl groups is 1. The van der Waals surface area contributed by atoms with Crippen LogP contribution in [-0.4, -0.2) is 26.8 Å². The molecule has 1 atom stereocenters. The number of hydrogen-bond donors (Lipinski definition) is 3. The van der Waals surface area contributed by atoms with Crippen molar-refractivity contribution in [3.8, 4) is 0 Å². The standard InChI is InChI=1S/C6H10N4O3/c7-2-1-5(11)6-4(10(12)13)3-8-9-6/h3,5,11H,1-2,7H2,(H,8,9)/t5-/m1/s1. The lowest BCUT2D eigenvalue weighted by molar-refractivity contribution is -0.386. The third-order valence-electron chi connectivity index (χ3n) is 1.62. The Morgan fingerprint density at radius 3 is 3.08 bits per heavy atom. The number of nitro groups is 1. The van der Waals surface area contributed by atoms with E-state index in [1.54, 1.807) is 0 Å². The third kappa shape index (κ3) is 2.01. The summed E-state index contributed by atoms with van der Waals surface area (Å²) in [4.78, 5) is 9.80. The molecule has 1 aromatic heterocycles. The van der Waals surface area contributed by atoms with Crippen LogP contribution in [0.2, 0.25) is 0 Å². The highest BCUT2D eigenvalue weighted by Crippen LogP contribution is 2.23. The molecule has 0 aliphatic rings. The minimum absolute atomic E-state index is 0.107. The van der Waals surface area contributed by atoms with E-state index < -0.39 is 11.0 Å². The van der Waals surface area contributed by atoms with Crippen LogP contribution >= 0.6 is 0 Å². The van der Waals surface area contributed by atoms with Crippen LogP contribution in [0, 0.1) is 10.1 Å². The van der Waals surface area contributed by atoms with Crippen LogP contribution in [0.5, 0.6) is 0 Å². The van der Waals surface area contributed by atoms with Gasteiger partial charge in [-0.1, -0.05) is 0 Å². The molecule has 1 rings (SSSR count). The van der Waals surface area contributed by atoms with Gasteiger partial charge in [0.25, 0.3) is 0 Å². The van der Waals surface area contributed by atoms with E-state index in [1.165, 1.54) is 0 Å². The van der Waals surface area contributed by atoms with Crippen LogP contribution in [0.3, 0.4) is 0 Å². The molecule has 0 fully saturated rings. The number of nitrogens with one attached hydrogen (secondary N) is 1. The lowest BCUT2D eigenvalue weighted by atomic mass is 10.2. The fourth-order valence-corrected chi connectivity index (χ4v) is 0.983. The van der Waals surface area contributed by atoms with E-state index in [0.29, 0.717) is 0 Å². The van der Waals surface area contributed by atoms with E-state index >= 15 is 0 Å². The van der Waals surface area contributed by atoms with Gasteiger partial charge in [0.15, 0.2) is 0 Å². The van der Waals surface area contributed by atoms with Gasteiger partial charge < -0.3 is 10.8 Å². The Morgan fingerprint density at radius 1 is 1.85 bits per heavy atom. The number of rotatable bonds is 4. The summed E-state index contributed by atoms with van der Waals surface area (Å²) < 4.78 is 0. The largest absolute Gasteiger partial charge is 0.386 e. The average molecular weight is 186 g/mol. The minimum Gasteiger partial charge on any atom is -0.386 e. The molecule has 0 aliphatic heterocycles. The highest BCUT2D eigenvalue weighted by Gasteiger charge is 2.21. The summed E-state index contributed by atoms with van der Waals surface area (Å²) in [7, 11) is 0. The summed E-state index contributed by atoms with van der Waals surface area (Å²) >= 11 is 0. The van der Waals surface area contributed by atoms with Crippen molar-refractivity contribution in [3.63, 3.8) is 0 Å². The molecule has 0 bridgehead atoms. The zero-order valence-corrected chi connectivity index (χ0v) is 6.80. The fourth-order valence-electron chi connectivity index (χ4n) is 0.983. The summed E-state index contributed by atoms with van der Waals surface area (Å²) in [6, 6.07) is 0. The number of H-pyrrole nitrogens is 1. The number of nitrogens with zero attached hydrogens (tertiary/aromatic N) is 2. The van der Waals surface area contributed by atoms with E-state index in [2.05, 4.69) is 10.2 Å². The molecule has 0 aliphatic carbocycles. The zero-order chi connectivity index (χ0) is 9.84. The van der Waals surface area contributed by atoms with Crippen molar-refractivity contribution in [2.45, 2.75) is 12.5 Å². The SMILES string of the molecule is NCC[C@@H](O)c1[nH]ncc1[N+](=O)[O-]. The molecule has 7 heteroatoms. The zero-order valence-electron chi connectivity index (χ0n) is 6.80. The van der Waals surface area contributed by atoms with Gasteiger partial charge in [0.05, 0.1) is 4.92 Å². The van der Waals surface area contributed by atoms with E-state index in [0.717, 1.165) is 6.20 Å². The van der Waals surface area contributed by atoms with E-state index in [9.17, 15) is 15.2 Å². The van der Waals surface area contributed by atoms with Gasteiger partial charge in [-0.05, 0) is 13.0 Å². The van der Waals surface area contributed by atoms with Crippen molar-refractivity contribution in [2.75, 3.05) is 6.54 Å². The second kappa shape index (κ2) is 3.97.